The van der Waals surface area contributed by atoms with Crippen LogP contribution in [0.1, 0.15) is 39.5 Å². The van der Waals surface area contributed by atoms with Gasteiger partial charge in [-0.2, -0.15) is 0 Å². The molecule has 4 nitrogen and oxygen atoms in total. The van der Waals surface area contributed by atoms with E-state index in [0.29, 0.717) is 18.5 Å². The molecule has 0 radical (unpaired) electrons. The number of sulfonamides is 1. The highest BCUT2D eigenvalue weighted by atomic mass is 32.2. The van der Waals surface area contributed by atoms with Gasteiger partial charge in [0.15, 0.2) is 0 Å². The van der Waals surface area contributed by atoms with Gasteiger partial charge in [0.05, 0.1) is 6.26 Å². The maximum absolute atomic E-state index is 11.7. The second kappa shape index (κ2) is 6.10. The van der Waals surface area contributed by atoms with E-state index in [4.69, 9.17) is 0 Å². The molecule has 1 saturated carbocycles. The lowest BCUT2D eigenvalue weighted by molar-refractivity contribution is 0.230. The van der Waals surface area contributed by atoms with Crippen LogP contribution in [0.3, 0.4) is 0 Å². The largest absolute Gasteiger partial charge is 0.314 e. The molecule has 19 heavy (non-hydrogen) atoms. The Morgan fingerprint density at radius 2 is 2.11 bits per heavy atom. The molecule has 1 N–H and O–H groups in total. The highest BCUT2D eigenvalue weighted by Crippen LogP contribution is 2.43. The number of hydrogen-bond acceptors (Lipinski definition) is 3. The van der Waals surface area contributed by atoms with Crippen LogP contribution in [0, 0.1) is 17.8 Å². The Bertz CT molecular complexity index is 396. The molecule has 2 aliphatic rings. The van der Waals surface area contributed by atoms with Crippen molar-refractivity contribution in [2.75, 3.05) is 25.9 Å². The molecule has 0 spiro atoms. The quantitative estimate of drug-likeness (QED) is 0.809. The lowest BCUT2D eigenvalue weighted by Crippen LogP contribution is -2.42. The van der Waals surface area contributed by atoms with Crippen LogP contribution in [0.25, 0.3) is 0 Å². The smallest absolute Gasteiger partial charge is 0.211 e. The van der Waals surface area contributed by atoms with E-state index in [1.165, 1.54) is 19.1 Å². The molecule has 112 valence electrons. The highest BCUT2D eigenvalue weighted by Gasteiger charge is 2.40. The summed E-state index contributed by atoms with van der Waals surface area (Å²) in [7, 11) is -3.01. The van der Waals surface area contributed by atoms with E-state index in [9.17, 15) is 8.42 Å². The highest BCUT2D eigenvalue weighted by molar-refractivity contribution is 7.88. The standard InChI is InChI=1S/C14H28N2O2S/c1-4-15-14(13-8-11(13)2)9-12-6-5-7-16(10-12)19(3,17)18/h11-15H,4-10H2,1-3H3. The zero-order valence-corrected chi connectivity index (χ0v) is 13.2. The van der Waals surface area contributed by atoms with Gasteiger partial charge in [0.2, 0.25) is 10.0 Å². The van der Waals surface area contributed by atoms with Crippen molar-refractivity contribution in [3.05, 3.63) is 0 Å². The van der Waals surface area contributed by atoms with Crippen LogP contribution in [0.2, 0.25) is 0 Å². The first-order valence-electron chi connectivity index (χ1n) is 7.60. The predicted octanol–water partition coefficient (Wildman–Crippen LogP) is 1.68. The summed E-state index contributed by atoms with van der Waals surface area (Å²) in [5.41, 5.74) is 0. The molecule has 0 bridgehead atoms. The second-order valence-electron chi connectivity index (χ2n) is 6.41. The summed E-state index contributed by atoms with van der Waals surface area (Å²) in [6.45, 7) is 6.92. The minimum Gasteiger partial charge on any atom is -0.314 e. The minimum atomic E-state index is -3.01. The molecule has 0 aromatic carbocycles. The number of nitrogens with zero attached hydrogens (tertiary/aromatic N) is 1. The van der Waals surface area contributed by atoms with Gasteiger partial charge >= 0.3 is 0 Å². The van der Waals surface area contributed by atoms with E-state index >= 15 is 0 Å². The Balaban J connectivity index is 1.90. The first-order chi connectivity index (χ1) is 8.91. The molecule has 0 aromatic rings. The van der Waals surface area contributed by atoms with Gasteiger partial charge in [-0.1, -0.05) is 13.8 Å². The number of rotatable bonds is 6. The van der Waals surface area contributed by atoms with E-state index in [0.717, 1.165) is 37.8 Å². The summed E-state index contributed by atoms with van der Waals surface area (Å²) in [4.78, 5) is 0. The van der Waals surface area contributed by atoms with Gasteiger partial charge in [-0.15, -0.1) is 0 Å². The van der Waals surface area contributed by atoms with Crippen molar-refractivity contribution in [2.45, 2.75) is 45.6 Å². The summed E-state index contributed by atoms with van der Waals surface area (Å²) in [6.07, 6.45) is 5.99. The van der Waals surface area contributed by atoms with Crippen LogP contribution in [-0.4, -0.2) is 44.7 Å². The van der Waals surface area contributed by atoms with Crippen LogP contribution in [0.5, 0.6) is 0 Å². The van der Waals surface area contributed by atoms with Gasteiger partial charge in [-0.05, 0) is 50.0 Å². The average Bonchev–Trinajstić information content (AvgIpc) is 3.05. The first-order valence-corrected chi connectivity index (χ1v) is 9.45. The average molecular weight is 288 g/mol. The van der Waals surface area contributed by atoms with Gasteiger partial charge in [-0.25, -0.2) is 12.7 Å². The van der Waals surface area contributed by atoms with Crippen molar-refractivity contribution in [1.29, 1.82) is 0 Å². The zero-order chi connectivity index (χ0) is 14.0. The van der Waals surface area contributed by atoms with Crippen LogP contribution >= 0.6 is 0 Å². The fourth-order valence-electron chi connectivity index (χ4n) is 3.46. The second-order valence-corrected chi connectivity index (χ2v) is 8.39. The van der Waals surface area contributed by atoms with Crippen molar-refractivity contribution in [2.24, 2.45) is 17.8 Å². The number of piperidine rings is 1. The molecule has 2 rings (SSSR count). The van der Waals surface area contributed by atoms with Gasteiger partial charge < -0.3 is 5.32 Å². The molecule has 1 aliphatic heterocycles. The summed E-state index contributed by atoms with van der Waals surface area (Å²) in [5.74, 6) is 2.19. The maximum atomic E-state index is 11.7. The Kier molecular flexibility index (Phi) is 4.90. The Labute approximate surface area is 118 Å². The van der Waals surface area contributed by atoms with Crippen LogP contribution in [0.15, 0.2) is 0 Å². The SMILES string of the molecule is CCNC(CC1CCCN(S(C)(=O)=O)C1)C1CC1C. The molecule has 4 unspecified atom stereocenters. The van der Waals surface area contributed by atoms with Crippen molar-refractivity contribution >= 4 is 10.0 Å². The molecular formula is C14H28N2O2S. The molecule has 0 aromatic heterocycles. The van der Waals surface area contributed by atoms with Gasteiger partial charge in [0, 0.05) is 19.1 Å². The van der Waals surface area contributed by atoms with E-state index in [-0.39, 0.29) is 0 Å². The van der Waals surface area contributed by atoms with Crippen molar-refractivity contribution in [3.63, 3.8) is 0 Å². The van der Waals surface area contributed by atoms with Crippen LogP contribution in [0.4, 0.5) is 0 Å². The van der Waals surface area contributed by atoms with Gasteiger partial charge in [-0.3, -0.25) is 0 Å². The van der Waals surface area contributed by atoms with E-state index in [1.807, 2.05) is 0 Å². The maximum Gasteiger partial charge on any atom is 0.211 e. The third-order valence-corrected chi connectivity index (χ3v) is 5.96. The number of nitrogens with one attached hydrogen (secondary N) is 1. The summed E-state index contributed by atoms with van der Waals surface area (Å²) >= 11 is 0. The molecule has 1 heterocycles. The molecule has 2 fully saturated rings. The molecule has 4 atom stereocenters. The van der Waals surface area contributed by atoms with Crippen LogP contribution in [-0.2, 0) is 10.0 Å². The molecule has 1 saturated heterocycles. The van der Waals surface area contributed by atoms with Crippen molar-refractivity contribution < 1.29 is 8.42 Å². The normalized spacial score (nSPS) is 34.2. The Morgan fingerprint density at radius 1 is 1.42 bits per heavy atom. The molecule has 1 aliphatic carbocycles. The molecule has 5 heteroatoms. The van der Waals surface area contributed by atoms with Crippen LogP contribution < -0.4 is 5.32 Å². The zero-order valence-electron chi connectivity index (χ0n) is 12.4. The van der Waals surface area contributed by atoms with E-state index in [2.05, 4.69) is 19.2 Å². The third kappa shape index (κ3) is 4.17. The van der Waals surface area contributed by atoms with Gasteiger partial charge in [0.25, 0.3) is 0 Å². The molecule has 0 amide bonds. The third-order valence-electron chi connectivity index (χ3n) is 4.69. The Morgan fingerprint density at radius 3 is 2.63 bits per heavy atom. The molecular weight excluding hydrogens is 260 g/mol. The van der Waals surface area contributed by atoms with Crippen molar-refractivity contribution in [3.8, 4) is 0 Å². The lowest BCUT2D eigenvalue weighted by atomic mass is 9.90. The lowest BCUT2D eigenvalue weighted by Gasteiger charge is -2.33. The van der Waals surface area contributed by atoms with Gasteiger partial charge in [0.1, 0.15) is 0 Å². The summed E-state index contributed by atoms with van der Waals surface area (Å²) in [5, 5.41) is 3.61. The van der Waals surface area contributed by atoms with E-state index in [1.54, 1.807) is 4.31 Å². The topological polar surface area (TPSA) is 49.4 Å². The summed E-state index contributed by atoms with van der Waals surface area (Å²) < 4.78 is 25.0. The summed E-state index contributed by atoms with van der Waals surface area (Å²) in [6, 6.07) is 0.588. The first kappa shape index (κ1) is 15.3. The fraction of sp³-hybridized carbons (Fsp3) is 1.00. The van der Waals surface area contributed by atoms with Crippen molar-refractivity contribution in [1.82, 2.24) is 9.62 Å². The van der Waals surface area contributed by atoms with E-state index < -0.39 is 10.0 Å². The monoisotopic (exact) mass is 288 g/mol. The number of hydrogen-bond donors (Lipinski definition) is 1. The Hall–Kier alpha value is -0.130. The predicted molar refractivity (Wildman–Crippen MR) is 78.5 cm³/mol. The fourth-order valence-corrected chi connectivity index (χ4v) is 4.41. The minimum absolute atomic E-state index is 0.528.